The number of aromatic nitrogens is 4. The number of imidazole rings is 2. The highest BCUT2D eigenvalue weighted by Gasteiger charge is 2.45. The number of H-pyrrole nitrogens is 2. The second-order valence-corrected chi connectivity index (χ2v) is 18.8. The van der Waals surface area contributed by atoms with Gasteiger partial charge in [-0.1, -0.05) is 38.5 Å². The number of alkyl carbamates (subject to hydrolysis) is 1. The van der Waals surface area contributed by atoms with Crippen LogP contribution in [-0.4, -0.2) is 102 Å². The fourth-order valence-corrected chi connectivity index (χ4v) is 11.0. The largest absolute Gasteiger partial charge is 0.488 e. The summed E-state index contributed by atoms with van der Waals surface area (Å²) in [5.74, 6) is 1.51. The molecule has 0 unspecified atom stereocenters. The predicted octanol–water partition coefficient (Wildman–Crippen LogP) is 8.38. The monoisotopic (exact) mass is 888 g/mol. The molecule has 5 N–H and O–H groups in total. The topological polar surface area (TPSA) is 204 Å². The van der Waals surface area contributed by atoms with Gasteiger partial charge in [-0.25, -0.2) is 19.6 Å². The van der Waals surface area contributed by atoms with Crippen LogP contribution >= 0.6 is 0 Å². The number of fused-ring (bicyclic) bond motifs is 6. The maximum Gasteiger partial charge on any atom is 0.407 e. The van der Waals surface area contributed by atoms with Gasteiger partial charge in [-0.2, -0.15) is 0 Å². The third kappa shape index (κ3) is 8.25. The quantitative estimate of drug-likeness (QED) is 0.0906. The number of likely N-dealkylation sites (tertiary alicyclic amines) is 2. The molecular formula is C49H60N8O8. The number of hydrogen-bond acceptors (Lipinski definition) is 9. The molecule has 3 fully saturated rings. The second kappa shape index (κ2) is 17.7. The number of benzene rings is 3. The highest BCUT2D eigenvalue weighted by molar-refractivity contribution is 6.07. The average molecular weight is 889 g/mol. The van der Waals surface area contributed by atoms with Crippen LogP contribution in [0.5, 0.6) is 5.75 Å². The van der Waals surface area contributed by atoms with Crippen molar-refractivity contribution in [3.8, 4) is 28.1 Å². The predicted molar refractivity (Wildman–Crippen MR) is 244 cm³/mol. The van der Waals surface area contributed by atoms with Gasteiger partial charge in [-0.3, -0.25) is 9.59 Å². The Labute approximate surface area is 378 Å². The molecule has 16 heteroatoms. The Bertz CT molecular complexity index is 2630. The van der Waals surface area contributed by atoms with Gasteiger partial charge >= 0.3 is 12.2 Å². The van der Waals surface area contributed by atoms with Crippen LogP contribution in [0.15, 0.2) is 48.7 Å². The van der Waals surface area contributed by atoms with Crippen molar-refractivity contribution in [2.45, 2.75) is 142 Å². The van der Waals surface area contributed by atoms with E-state index in [0.717, 1.165) is 74.8 Å². The molecule has 9 rings (SSSR count). The van der Waals surface area contributed by atoms with Crippen LogP contribution in [0.2, 0.25) is 0 Å². The molecule has 0 saturated carbocycles. The molecule has 16 nitrogen and oxygen atoms in total. The van der Waals surface area contributed by atoms with Crippen molar-refractivity contribution in [3.05, 3.63) is 65.9 Å². The van der Waals surface area contributed by atoms with Crippen molar-refractivity contribution in [1.29, 1.82) is 0 Å². The highest BCUT2D eigenvalue weighted by Crippen LogP contribution is 2.44. The first-order valence-electron chi connectivity index (χ1n) is 23.1. The first-order chi connectivity index (χ1) is 31.2. The SMILES string of the molecule is CC[C@H](C)[C@H](NC(=O)O)C(=O)N1[C@@H](C)CC[C@H]1c1nc2c(ccc3cc4c(cc32)OCc2cc(-c3cnc([C@@H]5CC[C@H](C)N5C(=O)[C@@H](NC(=O)OC)C5C[C@@H](C)O[C@H](C)C5)[nH]3)ccc2-4)[nH]1. The van der Waals surface area contributed by atoms with E-state index in [0.29, 0.717) is 43.9 Å². The van der Waals surface area contributed by atoms with Crippen molar-refractivity contribution >= 4 is 45.8 Å². The van der Waals surface area contributed by atoms with Gasteiger partial charge in [0.2, 0.25) is 11.8 Å². The Morgan fingerprint density at radius 1 is 0.877 bits per heavy atom. The number of hydrogen-bond donors (Lipinski definition) is 5. The normalized spacial score (nSPS) is 25.4. The zero-order valence-corrected chi connectivity index (χ0v) is 38.1. The summed E-state index contributed by atoms with van der Waals surface area (Å²) in [7, 11) is 1.31. The van der Waals surface area contributed by atoms with Crippen molar-refractivity contribution in [1.82, 2.24) is 40.4 Å². The molecule has 4 aliphatic rings. The van der Waals surface area contributed by atoms with Gasteiger partial charge in [0, 0.05) is 23.0 Å². The van der Waals surface area contributed by atoms with Crippen molar-refractivity contribution in [3.63, 3.8) is 0 Å². The number of methoxy groups -OCH3 is 1. The summed E-state index contributed by atoms with van der Waals surface area (Å²) in [6, 6.07) is 12.3. The third-order valence-electron chi connectivity index (χ3n) is 14.4. The van der Waals surface area contributed by atoms with E-state index in [-0.39, 0.29) is 60.0 Å². The molecule has 65 heavy (non-hydrogen) atoms. The molecule has 6 heterocycles. The van der Waals surface area contributed by atoms with Crippen LogP contribution in [0.1, 0.15) is 116 Å². The van der Waals surface area contributed by atoms with E-state index in [9.17, 15) is 24.3 Å². The smallest absolute Gasteiger partial charge is 0.407 e. The van der Waals surface area contributed by atoms with Gasteiger partial charge in [-0.15, -0.1) is 0 Å². The second-order valence-electron chi connectivity index (χ2n) is 18.8. The van der Waals surface area contributed by atoms with E-state index in [4.69, 9.17) is 24.2 Å². The summed E-state index contributed by atoms with van der Waals surface area (Å²) in [4.78, 5) is 73.4. The van der Waals surface area contributed by atoms with Crippen LogP contribution in [0.3, 0.4) is 0 Å². The van der Waals surface area contributed by atoms with Crippen LogP contribution < -0.4 is 15.4 Å². The molecule has 3 saturated heterocycles. The average Bonchev–Trinajstić information content (AvgIpc) is 4.11. The summed E-state index contributed by atoms with van der Waals surface area (Å²) in [6.07, 6.45) is 4.92. The Morgan fingerprint density at radius 3 is 2.28 bits per heavy atom. The van der Waals surface area contributed by atoms with Crippen LogP contribution in [-0.2, 0) is 25.7 Å². The summed E-state index contributed by atoms with van der Waals surface area (Å²) in [5.41, 5.74) is 6.50. The number of carbonyl (C=O) groups is 4. The molecule has 4 amide bonds. The lowest BCUT2D eigenvalue weighted by Gasteiger charge is -2.39. The lowest BCUT2D eigenvalue weighted by molar-refractivity contribution is -0.140. The van der Waals surface area contributed by atoms with Crippen LogP contribution in [0.25, 0.3) is 44.2 Å². The number of ether oxygens (including phenoxy) is 3. The number of nitrogens with zero attached hydrogens (tertiary/aromatic N) is 4. The van der Waals surface area contributed by atoms with Crippen LogP contribution in [0, 0.1) is 11.8 Å². The summed E-state index contributed by atoms with van der Waals surface area (Å²) in [6.45, 7) is 12.3. The zero-order valence-electron chi connectivity index (χ0n) is 38.1. The molecule has 2 aromatic heterocycles. The molecule has 4 aliphatic heterocycles. The summed E-state index contributed by atoms with van der Waals surface area (Å²) < 4.78 is 17.4. The molecular weight excluding hydrogens is 829 g/mol. The van der Waals surface area contributed by atoms with E-state index in [2.05, 4.69) is 57.0 Å². The Balaban J connectivity index is 0.961. The standard InChI is InChI=1S/C49H60N8O8/c1-8-24(2)41(54-48(60)61)46(58)57-26(4)10-16-39(57)45-51-36-14-12-29-20-35-33-13-11-30(19-32(33)23-64-40(35)21-34(29)43(36)53-45)37-22-50-44(52-37)38-15-9-25(3)56(38)47(59)42(55-49(62)63-7)31-17-27(5)65-28(6)18-31/h11-14,19-22,24-28,31,38-39,41-42,54H,8-10,15-18,23H2,1-7H3,(H,50,52)(H,51,53)(H,55,62)(H,60,61)/t24-,25-,26-,27+,28+,38-,39-,41-,42-/m0/s1. The fourth-order valence-electron chi connectivity index (χ4n) is 11.0. The number of carbonyl (C=O) groups excluding carboxylic acids is 3. The van der Waals surface area contributed by atoms with E-state index in [1.165, 1.54) is 7.11 Å². The van der Waals surface area contributed by atoms with E-state index in [1.807, 2.05) is 63.6 Å². The van der Waals surface area contributed by atoms with Crippen molar-refractivity contribution < 1.29 is 38.5 Å². The lowest BCUT2D eigenvalue weighted by atomic mass is 9.85. The van der Waals surface area contributed by atoms with Gasteiger partial charge in [-0.05, 0) is 124 Å². The maximum absolute atomic E-state index is 14.5. The summed E-state index contributed by atoms with van der Waals surface area (Å²) >= 11 is 0. The number of nitrogens with one attached hydrogen (secondary N) is 4. The molecule has 0 radical (unpaired) electrons. The Morgan fingerprint density at radius 2 is 1.58 bits per heavy atom. The van der Waals surface area contributed by atoms with Gasteiger partial charge in [0.15, 0.2) is 0 Å². The Kier molecular flexibility index (Phi) is 12.0. The van der Waals surface area contributed by atoms with Gasteiger partial charge in [0.25, 0.3) is 0 Å². The van der Waals surface area contributed by atoms with Gasteiger partial charge < -0.3 is 49.7 Å². The first-order valence-corrected chi connectivity index (χ1v) is 23.1. The lowest BCUT2D eigenvalue weighted by Crippen LogP contribution is -2.55. The molecule has 0 bridgehead atoms. The number of carboxylic acid groups (broad SMARTS) is 1. The Hall–Kier alpha value is -6.16. The van der Waals surface area contributed by atoms with Crippen molar-refractivity contribution in [2.24, 2.45) is 11.8 Å². The van der Waals surface area contributed by atoms with Crippen LogP contribution in [0.4, 0.5) is 9.59 Å². The molecule has 0 spiro atoms. The van der Waals surface area contributed by atoms with Gasteiger partial charge in [0.1, 0.15) is 36.1 Å². The van der Waals surface area contributed by atoms with Gasteiger partial charge in [0.05, 0.1) is 54.3 Å². The fraction of sp³-hybridized carbons (Fsp3) is 0.510. The third-order valence-corrected chi connectivity index (χ3v) is 14.4. The summed E-state index contributed by atoms with van der Waals surface area (Å²) in [5, 5.41) is 16.9. The number of amides is 4. The molecule has 3 aromatic carbocycles. The maximum atomic E-state index is 14.5. The molecule has 0 aliphatic carbocycles. The van der Waals surface area contributed by atoms with E-state index in [1.54, 1.807) is 0 Å². The highest BCUT2D eigenvalue weighted by atomic mass is 16.5. The minimum atomic E-state index is -1.21. The first kappa shape index (κ1) is 44.1. The van der Waals surface area contributed by atoms with E-state index >= 15 is 0 Å². The molecule has 9 atom stereocenters. The van der Waals surface area contributed by atoms with Crippen molar-refractivity contribution in [2.75, 3.05) is 7.11 Å². The molecule has 344 valence electrons. The van der Waals surface area contributed by atoms with E-state index < -0.39 is 24.3 Å². The minimum Gasteiger partial charge on any atom is -0.488 e. The number of aromatic amines is 2. The zero-order chi connectivity index (χ0) is 45.8. The number of rotatable bonds is 10. The minimum absolute atomic E-state index is 0.0332. The molecule has 5 aromatic rings.